The second-order valence-electron chi connectivity index (χ2n) is 5.00. The van der Waals surface area contributed by atoms with Crippen LogP contribution in [0.25, 0.3) is 0 Å². The van der Waals surface area contributed by atoms with Crippen LogP contribution in [0.5, 0.6) is 0 Å². The van der Waals surface area contributed by atoms with Crippen LogP contribution in [-0.4, -0.2) is 38.3 Å². The van der Waals surface area contributed by atoms with Gasteiger partial charge in [-0.3, -0.25) is 10.1 Å². The van der Waals surface area contributed by atoms with E-state index in [1.165, 1.54) is 30.6 Å². The zero-order valence-electron chi connectivity index (χ0n) is 12.3. The molecule has 0 spiro atoms. The van der Waals surface area contributed by atoms with Crippen LogP contribution in [0.1, 0.15) is 41.8 Å². The van der Waals surface area contributed by atoms with Crippen molar-refractivity contribution in [1.29, 1.82) is 0 Å². The van der Waals surface area contributed by atoms with Crippen molar-refractivity contribution >= 4 is 23.3 Å². The van der Waals surface area contributed by atoms with Crippen LogP contribution in [0.15, 0.2) is 22.5 Å². The van der Waals surface area contributed by atoms with Gasteiger partial charge in [0.2, 0.25) is 0 Å². The molecular formula is C15H22N2O3S. The van der Waals surface area contributed by atoms with E-state index in [4.69, 9.17) is 9.47 Å². The number of hydrogen-bond donors (Lipinski definition) is 1. The smallest absolute Gasteiger partial charge is 0.292 e. The van der Waals surface area contributed by atoms with E-state index >= 15 is 0 Å². The van der Waals surface area contributed by atoms with Crippen molar-refractivity contribution in [2.75, 3.05) is 20.3 Å². The lowest BCUT2D eigenvalue weighted by Crippen LogP contribution is -2.34. The number of thiophene rings is 1. The number of carbonyl (C=O) groups is 1. The number of rotatable bonds is 5. The minimum atomic E-state index is -0.169. The van der Waals surface area contributed by atoms with Crippen molar-refractivity contribution in [3.05, 3.63) is 22.4 Å². The molecule has 21 heavy (non-hydrogen) atoms. The summed E-state index contributed by atoms with van der Waals surface area (Å²) in [4.78, 5) is 17.3. The molecule has 0 radical (unpaired) electrons. The van der Waals surface area contributed by atoms with Crippen LogP contribution in [0.3, 0.4) is 0 Å². The van der Waals surface area contributed by atoms with Crippen molar-refractivity contribution in [3.63, 3.8) is 0 Å². The highest BCUT2D eigenvalue weighted by Gasteiger charge is 2.16. The molecule has 1 aromatic heterocycles. The largest absolute Gasteiger partial charge is 0.463 e. The molecule has 0 atom stereocenters. The number of ether oxygens (including phenoxy) is 2. The second kappa shape index (κ2) is 8.79. The van der Waals surface area contributed by atoms with Crippen molar-refractivity contribution in [2.24, 2.45) is 4.99 Å². The van der Waals surface area contributed by atoms with E-state index < -0.39 is 0 Å². The maximum absolute atomic E-state index is 12.1. The summed E-state index contributed by atoms with van der Waals surface area (Å²) in [5.41, 5.74) is 0. The Morgan fingerprint density at radius 3 is 2.86 bits per heavy atom. The number of nitrogens with one attached hydrogen (secondary N) is 1. The number of nitrogens with zero attached hydrogens (tertiary/aromatic N) is 1. The molecule has 116 valence electrons. The fourth-order valence-corrected chi connectivity index (χ4v) is 2.89. The highest BCUT2D eigenvalue weighted by atomic mass is 32.1. The normalized spacial score (nSPS) is 16.7. The summed E-state index contributed by atoms with van der Waals surface area (Å²) < 4.78 is 10.5. The van der Waals surface area contributed by atoms with Gasteiger partial charge in [-0.2, -0.15) is 0 Å². The fourth-order valence-electron chi connectivity index (χ4n) is 2.27. The van der Waals surface area contributed by atoms with E-state index in [0.717, 1.165) is 12.8 Å². The molecule has 2 rings (SSSR count). The first kappa shape index (κ1) is 16.0. The molecule has 0 unspecified atom stereocenters. The summed E-state index contributed by atoms with van der Waals surface area (Å²) >= 11 is 1.40. The topological polar surface area (TPSA) is 59.9 Å². The summed E-state index contributed by atoms with van der Waals surface area (Å²) in [6.07, 6.45) is 5.78. The first-order valence-corrected chi connectivity index (χ1v) is 8.22. The third kappa shape index (κ3) is 5.47. The number of amides is 1. The minimum Gasteiger partial charge on any atom is -0.463 e. The Bertz CT molecular complexity index is 453. The molecule has 1 aliphatic carbocycles. The van der Waals surface area contributed by atoms with E-state index in [2.05, 4.69) is 10.3 Å². The summed E-state index contributed by atoms with van der Waals surface area (Å²) in [6, 6.07) is 4.20. The predicted octanol–water partition coefficient (Wildman–Crippen LogP) is 2.83. The number of methoxy groups -OCH3 is 1. The zero-order valence-corrected chi connectivity index (χ0v) is 13.2. The summed E-state index contributed by atoms with van der Waals surface area (Å²) in [6.45, 7) is 0.853. The van der Waals surface area contributed by atoms with Crippen LogP contribution >= 0.6 is 11.3 Å². The molecule has 0 saturated heterocycles. The van der Waals surface area contributed by atoms with Gasteiger partial charge >= 0.3 is 0 Å². The predicted molar refractivity (Wildman–Crippen MR) is 83.9 cm³/mol. The van der Waals surface area contributed by atoms with Gasteiger partial charge in [-0.15, -0.1) is 11.3 Å². The number of hydrogen-bond acceptors (Lipinski definition) is 5. The zero-order chi connectivity index (χ0) is 14.9. The summed E-state index contributed by atoms with van der Waals surface area (Å²) in [7, 11) is 1.62. The molecule has 1 aromatic rings. The van der Waals surface area contributed by atoms with Gasteiger partial charge < -0.3 is 9.47 Å². The molecule has 0 bridgehead atoms. The Hall–Kier alpha value is -1.40. The summed E-state index contributed by atoms with van der Waals surface area (Å²) in [5, 5.41) is 4.64. The lowest BCUT2D eigenvalue weighted by Gasteiger charge is -2.19. The van der Waals surface area contributed by atoms with Crippen molar-refractivity contribution in [3.8, 4) is 0 Å². The Morgan fingerprint density at radius 1 is 1.38 bits per heavy atom. The number of amidine groups is 1. The Morgan fingerprint density at radius 2 is 2.19 bits per heavy atom. The quantitative estimate of drug-likeness (QED) is 0.517. The fraction of sp³-hybridized carbons (Fsp3) is 0.600. The third-order valence-corrected chi connectivity index (χ3v) is 4.23. The van der Waals surface area contributed by atoms with Crippen molar-refractivity contribution in [1.82, 2.24) is 5.32 Å². The van der Waals surface area contributed by atoms with Crippen LogP contribution in [0.2, 0.25) is 0 Å². The van der Waals surface area contributed by atoms with Crippen molar-refractivity contribution < 1.29 is 14.3 Å². The second-order valence-corrected chi connectivity index (χ2v) is 5.95. The van der Waals surface area contributed by atoms with Crippen LogP contribution in [0.4, 0.5) is 0 Å². The van der Waals surface area contributed by atoms with Gasteiger partial charge in [-0.05, 0) is 24.3 Å². The van der Waals surface area contributed by atoms with Crippen LogP contribution in [0, 0.1) is 0 Å². The molecule has 1 heterocycles. The number of carbonyl (C=O) groups excluding carboxylic acids is 1. The van der Waals surface area contributed by atoms with Crippen LogP contribution < -0.4 is 5.32 Å². The minimum absolute atomic E-state index is 0.169. The first-order valence-electron chi connectivity index (χ1n) is 7.34. The molecule has 0 aliphatic heterocycles. The van der Waals surface area contributed by atoms with Gasteiger partial charge in [0.05, 0.1) is 17.5 Å². The molecular weight excluding hydrogens is 288 g/mol. The van der Waals surface area contributed by atoms with Gasteiger partial charge in [-0.25, -0.2) is 4.99 Å². The lowest BCUT2D eigenvalue weighted by atomic mass is 9.96. The average Bonchev–Trinajstić information content (AvgIpc) is 3.03. The first-order chi connectivity index (χ1) is 10.3. The molecule has 1 N–H and O–H groups in total. The maximum atomic E-state index is 12.1. The van der Waals surface area contributed by atoms with E-state index in [-0.39, 0.29) is 11.9 Å². The van der Waals surface area contributed by atoms with Gasteiger partial charge in [-0.1, -0.05) is 25.3 Å². The maximum Gasteiger partial charge on any atom is 0.292 e. The molecule has 0 aromatic carbocycles. The van der Waals surface area contributed by atoms with E-state index in [9.17, 15) is 4.79 Å². The van der Waals surface area contributed by atoms with E-state index in [0.29, 0.717) is 24.1 Å². The molecule has 1 amide bonds. The monoisotopic (exact) mass is 310 g/mol. The highest BCUT2D eigenvalue weighted by molar-refractivity contribution is 7.12. The SMILES string of the molecule is COCCOC(=NC1CCCCC1)NC(=O)c1cccs1. The van der Waals surface area contributed by atoms with E-state index in [1.807, 2.05) is 11.4 Å². The Kier molecular flexibility index (Phi) is 6.69. The summed E-state index contributed by atoms with van der Waals surface area (Å²) in [5.74, 6) is -0.169. The molecule has 6 heteroatoms. The standard InChI is InChI=1S/C15H22N2O3S/c1-19-9-10-20-15(16-12-6-3-2-4-7-12)17-14(18)13-8-5-11-21-13/h5,8,11-12H,2-4,6-7,9-10H2,1H3,(H,16,17,18). The van der Waals surface area contributed by atoms with Gasteiger partial charge in [0.1, 0.15) is 6.61 Å². The highest BCUT2D eigenvalue weighted by Crippen LogP contribution is 2.20. The third-order valence-electron chi connectivity index (χ3n) is 3.37. The molecule has 1 aliphatic rings. The van der Waals surface area contributed by atoms with Crippen LogP contribution in [-0.2, 0) is 9.47 Å². The average molecular weight is 310 g/mol. The Balaban J connectivity index is 1.96. The number of aliphatic imine (C=N–C) groups is 1. The molecule has 1 saturated carbocycles. The molecule has 1 fully saturated rings. The van der Waals surface area contributed by atoms with Crippen molar-refractivity contribution in [2.45, 2.75) is 38.1 Å². The van der Waals surface area contributed by atoms with Gasteiger partial charge in [0.15, 0.2) is 0 Å². The Labute approximate surface area is 129 Å². The van der Waals surface area contributed by atoms with Gasteiger partial charge in [0, 0.05) is 7.11 Å². The lowest BCUT2D eigenvalue weighted by molar-refractivity contribution is 0.0957. The molecule has 5 nitrogen and oxygen atoms in total. The van der Waals surface area contributed by atoms with Gasteiger partial charge in [0.25, 0.3) is 11.9 Å². The van der Waals surface area contributed by atoms with E-state index in [1.54, 1.807) is 13.2 Å².